The zero-order valence-corrected chi connectivity index (χ0v) is 9.12. The van der Waals surface area contributed by atoms with Crippen molar-refractivity contribution in [3.63, 3.8) is 0 Å². The van der Waals surface area contributed by atoms with E-state index in [1.54, 1.807) is 0 Å². The smallest absolute Gasteiger partial charge is 0.446 e. The van der Waals surface area contributed by atoms with E-state index < -0.39 is 39.4 Å². The summed E-state index contributed by atoms with van der Waals surface area (Å²) in [6.45, 7) is 0. The molecule has 0 aromatic heterocycles. The zero-order chi connectivity index (χ0) is 14.1. The maximum atomic E-state index is 12.3. The van der Waals surface area contributed by atoms with Gasteiger partial charge in [-0.3, -0.25) is 4.55 Å². The lowest BCUT2D eigenvalue weighted by molar-refractivity contribution is -0.137. The molecule has 0 bridgehead atoms. The Morgan fingerprint density at radius 1 is 1.28 bits per heavy atom. The largest absolute Gasteiger partial charge is 0.478 e. The predicted octanol–water partition coefficient (Wildman–Crippen LogP) is 1.59. The normalized spacial score (nSPS) is 12.2. The first-order chi connectivity index (χ1) is 8.00. The van der Waals surface area contributed by atoms with Crippen LogP contribution in [-0.2, 0) is 16.6 Å². The Morgan fingerprint density at radius 2 is 1.83 bits per heavy atom. The Hall–Kier alpha value is -1.81. The predicted molar refractivity (Wildman–Crippen MR) is 50.6 cm³/mol. The van der Waals surface area contributed by atoms with Gasteiger partial charge in [0.15, 0.2) is 5.75 Å². The summed E-state index contributed by atoms with van der Waals surface area (Å²) in [7, 11) is -5.03. The quantitative estimate of drug-likeness (QED) is 0.818. The second-order valence-electron chi connectivity index (χ2n) is 3.02. The van der Waals surface area contributed by atoms with Crippen molar-refractivity contribution in [3.8, 4) is 5.75 Å². The monoisotopic (exact) mass is 286 g/mol. The summed E-state index contributed by atoms with van der Waals surface area (Å²) in [5.41, 5.74) is -2.33. The van der Waals surface area contributed by atoms with E-state index in [1.807, 2.05) is 0 Å². The molecule has 1 aromatic rings. The lowest BCUT2D eigenvalue weighted by Crippen LogP contribution is -2.12. The fourth-order valence-corrected chi connectivity index (χ4v) is 1.43. The third-order valence-electron chi connectivity index (χ3n) is 1.73. The number of aromatic carboxylic acids is 1. The van der Waals surface area contributed by atoms with Gasteiger partial charge in [-0.1, -0.05) is 0 Å². The highest BCUT2D eigenvalue weighted by Crippen LogP contribution is 2.32. The van der Waals surface area contributed by atoms with E-state index >= 15 is 0 Å². The van der Waals surface area contributed by atoms with Crippen LogP contribution in [0.3, 0.4) is 0 Å². The Morgan fingerprint density at radius 3 is 2.22 bits per heavy atom. The molecule has 0 unspecified atom stereocenters. The van der Waals surface area contributed by atoms with Gasteiger partial charge in [0.25, 0.3) is 0 Å². The zero-order valence-electron chi connectivity index (χ0n) is 8.30. The highest BCUT2D eigenvalue weighted by Gasteiger charge is 2.32. The number of halogens is 3. The van der Waals surface area contributed by atoms with Crippen LogP contribution in [0, 0.1) is 0 Å². The number of carbonyl (C=O) groups is 1. The summed E-state index contributed by atoms with van der Waals surface area (Å²) in [5.74, 6) is -2.75. The Bertz CT molecular complexity index is 577. The van der Waals surface area contributed by atoms with Crippen LogP contribution < -0.4 is 4.18 Å². The number of carboxylic acids is 1. The molecule has 0 amide bonds. The van der Waals surface area contributed by atoms with Gasteiger partial charge in [-0.15, -0.1) is 0 Å². The van der Waals surface area contributed by atoms with E-state index in [1.165, 1.54) is 0 Å². The first-order valence-corrected chi connectivity index (χ1v) is 5.48. The molecule has 0 saturated carbocycles. The molecule has 0 aliphatic carbocycles. The van der Waals surface area contributed by atoms with E-state index in [4.69, 9.17) is 9.66 Å². The summed E-state index contributed by atoms with van der Waals surface area (Å²) in [5, 5.41) is 8.63. The van der Waals surface area contributed by atoms with E-state index in [2.05, 4.69) is 4.18 Å². The highest BCUT2D eigenvalue weighted by atomic mass is 32.3. The lowest BCUT2D eigenvalue weighted by Gasteiger charge is -2.10. The number of carboxylic acid groups (broad SMARTS) is 1. The molecule has 0 spiro atoms. The molecule has 2 N–H and O–H groups in total. The number of alkyl halides is 3. The minimum absolute atomic E-state index is 0.197. The fraction of sp³-hybridized carbons (Fsp3) is 0.125. The number of hydrogen-bond acceptors (Lipinski definition) is 4. The van der Waals surface area contributed by atoms with Crippen LogP contribution in [0.5, 0.6) is 5.75 Å². The Balaban J connectivity index is 3.34. The topological polar surface area (TPSA) is 101 Å². The van der Waals surface area contributed by atoms with Gasteiger partial charge in [0.05, 0.1) is 5.56 Å². The van der Waals surface area contributed by atoms with Crippen molar-refractivity contribution in [1.82, 2.24) is 0 Å². The highest BCUT2D eigenvalue weighted by molar-refractivity contribution is 7.81. The summed E-state index contributed by atoms with van der Waals surface area (Å²) in [4.78, 5) is 10.7. The Labute approximate surface area is 98.6 Å². The molecule has 0 fully saturated rings. The second-order valence-corrected chi connectivity index (χ2v) is 4.05. The van der Waals surface area contributed by atoms with Crippen LogP contribution in [0.4, 0.5) is 13.2 Å². The molecule has 18 heavy (non-hydrogen) atoms. The molecule has 1 rings (SSSR count). The molecule has 0 heterocycles. The van der Waals surface area contributed by atoms with Gasteiger partial charge in [-0.2, -0.15) is 21.6 Å². The van der Waals surface area contributed by atoms with Crippen molar-refractivity contribution in [2.45, 2.75) is 6.18 Å². The molecular weight excluding hydrogens is 281 g/mol. The third-order valence-corrected chi connectivity index (χ3v) is 2.12. The summed E-state index contributed by atoms with van der Waals surface area (Å²) >= 11 is 0. The average molecular weight is 286 g/mol. The van der Waals surface area contributed by atoms with Crippen LogP contribution in [-0.4, -0.2) is 24.0 Å². The van der Waals surface area contributed by atoms with Gasteiger partial charge in [0.1, 0.15) is 5.56 Å². The number of benzene rings is 1. The Kier molecular flexibility index (Phi) is 3.53. The molecule has 0 atom stereocenters. The first kappa shape index (κ1) is 14.3. The molecule has 1 aromatic carbocycles. The van der Waals surface area contributed by atoms with Gasteiger partial charge in [0, 0.05) is 0 Å². The summed E-state index contributed by atoms with van der Waals surface area (Å²) < 4.78 is 69.8. The first-order valence-electron chi connectivity index (χ1n) is 4.12. The molecule has 0 aliphatic rings. The van der Waals surface area contributed by atoms with E-state index in [0.717, 1.165) is 0 Å². The SMILES string of the molecule is O=C(O)c1cc(C(F)(F)F)ccc1OS(=O)(=O)O. The van der Waals surface area contributed by atoms with Gasteiger partial charge in [0.2, 0.25) is 0 Å². The molecule has 0 radical (unpaired) electrons. The molecule has 10 heteroatoms. The maximum Gasteiger partial charge on any atom is 0.446 e. The third kappa shape index (κ3) is 3.60. The van der Waals surface area contributed by atoms with E-state index in [9.17, 15) is 26.4 Å². The van der Waals surface area contributed by atoms with Gasteiger partial charge in [-0.25, -0.2) is 4.79 Å². The van der Waals surface area contributed by atoms with Crippen molar-refractivity contribution in [2.75, 3.05) is 0 Å². The lowest BCUT2D eigenvalue weighted by atomic mass is 10.1. The standard InChI is InChI=1S/C8H5F3O6S/c9-8(10,11)4-1-2-6(17-18(14,15)16)5(3-4)7(12)13/h1-3H,(H,12,13)(H,14,15,16). The van der Waals surface area contributed by atoms with Gasteiger partial charge >= 0.3 is 22.5 Å². The van der Waals surface area contributed by atoms with Crippen LogP contribution >= 0.6 is 0 Å². The van der Waals surface area contributed by atoms with Crippen molar-refractivity contribution in [2.24, 2.45) is 0 Å². The van der Waals surface area contributed by atoms with Crippen molar-refractivity contribution in [1.29, 1.82) is 0 Å². The molecule has 0 saturated heterocycles. The summed E-state index contributed by atoms with van der Waals surface area (Å²) in [6.07, 6.45) is -4.79. The van der Waals surface area contributed by atoms with Crippen molar-refractivity contribution >= 4 is 16.4 Å². The van der Waals surface area contributed by atoms with Crippen LogP contribution in [0.15, 0.2) is 18.2 Å². The molecule has 100 valence electrons. The minimum atomic E-state index is -5.03. The second kappa shape index (κ2) is 4.46. The summed E-state index contributed by atoms with van der Waals surface area (Å²) in [6, 6.07) is 1.11. The van der Waals surface area contributed by atoms with Crippen LogP contribution in [0.2, 0.25) is 0 Å². The van der Waals surface area contributed by atoms with Crippen molar-refractivity contribution < 1.29 is 40.2 Å². The maximum absolute atomic E-state index is 12.3. The number of hydrogen-bond donors (Lipinski definition) is 2. The molecule has 0 aliphatic heterocycles. The van der Waals surface area contributed by atoms with Gasteiger partial charge in [-0.05, 0) is 18.2 Å². The van der Waals surface area contributed by atoms with Crippen molar-refractivity contribution in [3.05, 3.63) is 29.3 Å². The van der Waals surface area contributed by atoms with Crippen LogP contribution in [0.1, 0.15) is 15.9 Å². The number of rotatable bonds is 3. The van der Waals surface area contributed by atoms with E-state index in [0.29, 0.717) is 12.1 Å². The van der Waals surface area contributed by atoms with E-state index in [-0.39, 0.29) is 6.07 Å². The average Bonchev–Trinajstić information content (AvgIpc) is 2.13. The molecule has 6 nitrogen and oxygen atoms in total. The van der Waals surface area contributed by atoms with Gasteiger partial charge < -0.3 is 9.29 Å². The fourth-order valence-electron chi connectivity index (χ4n) is 1.06. The molecular formula is C8H5F3O6S. The van der Waals surface area contributed by atoms with Crippen LogP contribution in [0.25, 0.3) is 0 Å². The minimum Gasteiger partial charge on any atom is -0.478 e.